The van der Waals surface area contributed by atoms with Crippen LogP contribution in [-0.4, -0.2) is 28.6 Å². The molecule has 1 saturated carbocycles. The molecule has 0 amide bonds. The summed E-state index contributed by atoms with van der Waals surface area (Å²) in [7, 11) is 0. The highest BCUT2D eigenvalue weighted by Crippen LogP contribution is 2.35. The second-order valence-corrected chi connectivity index (χ2v) is 5.02. The number of rotatable bonds is 5. The summed E-state index contributed by atoms with van der Waals surface area (Å²) in [6, 6.07) is 8.04. The molecule has 4 heteroatoms. The van der Waals surface area contributed by atoms with Gasteiger partial charge in [0.15, 0.2) is 0 Å². The molecule has 2 aromatic rings. The highest BCUT2D eigenvalue weighted by atomic mass is 16.4. The van der Waals surface area contributed by atoms with Gasteiger partial charge in [-0.2, -0.15) is 0 Å². The number of carboxylic acid groups (broad SMARTS) is 1. The lowest BCUT2D eigenvalue weighted by molar-refractivity contribution is 0.0698. The van der Waals surface area contributed by atoms with E-state index in [1.54, 1.807) is 0 Å². The molecule has 20 heavy (non-hydrogen) atoms. The van der Waals surface area contributed by atoms with Crippen LogP contribution in [0.25, 0.3) is 10.8 Å². The molecule has 0 aliphatic heterocycles. The zero-order valence-electron chi connectivity index (χ0n) is 11.1. The van der Waals surface area contributed by atoms with Crippen molar-refractivity contribution in [1.29, 1.82) is 0 Å². The van der Waals surface area contributed by atoms with Crippen molar-refractivity contribution >= 4 is 22.6 Å². The maximum absolute atomic E-state index is 11.3. The number of fused-ring (bicyclic) bond motifs is 1. The first-order valence-corrected chi connectivity index (χ1v) is 6.71. The van der Waals surface area contributed by atoms with Crippen LogP contribution in [0.15, 0.2) is 43.1 Å². The van der Waals surface area contributed by atoms with Gasteiger partial charge in [0.25, 0.3) is 0 Å². The van der Waals surface area contributed by atoms with Gasteiger partial charge in [0.05, 0.1) is 5.56 Å². The lowest BCUT2D eigenvalue weighted by atomic mass is 10.1. The zero-order chi connectivity index (χ0) is 14.1. The topological polar surface area (TPSA) is 53.4 Å². The predicted octanol–water partition coefficient (Wildman–Crippen LogP) is 3.09. The standard InChI is InChI=1S/C16H16N2O2/c1-2-9-18(11-7-8-11)15-13-6-4-3-5-12(13)14(10-17-15)16(19)20/h2-6,10-11H,1,7-9H2,(H,19,20). The Morgan fingerprint density at radius 3 is 2.70 bits per heavy atom. The van der Waals surface area contributed by atoms with E-state index in [0.717, 1.165) is 36.0 Å². The van der Waals surface area contributed by atoms with E-state index in [-0.39, 0.29) is 5.56 Å². The summed E-state index contributed by atoms with van der Waals surface area (Å²) in [6.45, 7) is 4.53. The van der Waals surface area contributed by atoms with Gasteiger partial charge in [0.1, 0.15) is 5.82 Å². The van der Waals surface area contributed by atoms with E-state index in [2.05, 4.69) is 16.5 Å². The van der Waals surface area contributed by atoms with Crippen molar-refractivity contribution in [2.24, 2.45) is 0 Å². The molecule has 0 unspecified atom stereocenters. The summed E-state index contributed by atoms with van der Waals surface area (Å²) in [6.07, 6.45) is 5.63. The number of nitrogens with zero attached hydrogens (tertiary/aromatic N) is 2. The number of carbonyl (C=O) groups is 1. The summed E-state index contributed by atoms with van der Waals surface area (Å²) in [5.74, 6) is -0.0880. The van der Waals surface area contributed by atoms with E-state index in [9.17, 15) is 9.90 Å². The fourth-order valence-electron chi connectivity index (χ4n) is 2.51. The van der Waals surface area contributed by atoms with Crippen molar-refractivity contribution in [2.45, 2.75) is 18.9 Å². The van der Waals surface area contributed by atoms with Crippen LogP contribution in [-0.2, 0) is 0 Å². The Morgan fingerprint density at radius 2 is 2.10 bits per heavy atom. The minimum absolute atomic E-state index is 0.249. The van der Waals surface area contributed by atoms with E-state index >= 15 is 0 Å². The molecule has 1 aromatic heterocycles. The average molecular weight is 268 g/mol. The van der Waals surface area contributed by atoms with Gasteiger partial charge < -0.3 is 10.0 Å². The molecule has 102 valence electrons. The van der Waals surface area contributed by atoms with Crippen molar-refractivity contribution in [2.75, 3.05) is 11.4 Å². The van der Waals surface area contributed by atoms with Crippen LogP contribution in [0.3, 0.4) is 0 Å². The first-order chi connectivity index (χ1) is 9.72. The Bertz CT molecular complexity index is 677. The van der Waals surface area contributed by atoms with Crippen molar-refractivity contribution in [1.82, 2.24) is 4.98 Å². The largest absolute Gasteiger partial charge is 0.478 e. The quantitative estimate of drug-likeness (QED) is 0.847. The molecular formula is C16H16N2O2. The van der Waals surface area contributed by atoms with Crippen LogP contribution >= 0.6 is 0 Å². The minimum atomic E-state index is -0.943. The van der Waals surface area contributed by atoms with Crippen molar-refractivity contribution in [3.63, 3.8) is 0 Å². The number of aromatic carboxylic acids is 1. The van der Waals surface area contributed by atoms with E-state index in [4.69, 9.17) is 0 Å². The van der Waals surface area contributed by atoms with Crippen LogP contribution in [0.1, 0.15) is 23.2 Å². The molecule has 1 heterocycles. The monoisotopic (exact) mass is 268 g/mol. The summed E-state index contributed by atoms with van der Waals surface area (Å²) in [4.78, 5) is 17.9. The molecule has 1 aliphatic carbocycles. The molecule has 1 N–H and O–H groups in total. The number of benzene rings is 1. The van der Waals surface area contributed by atoms with Gasteiger partial charge in [-0.05, 0) is 12.8 Å². The normalized spacial score (nSPS) is 14.2. The first kappa shape index (κ1) is 12.7. The third kappa shape index (κ3) is 2.13. The Hall–Kier alpha value is -2.36. The van der Waals surface area contributed by atoms with Crippen molar-refractivity contribution in [3.8, 4) is 0 Å². The van der Waals surface area contributed by atoms with Crippen LogP contribution in [0.4, 0.5) is 5.82 Å². The van der Waals surface area contributed by atoms with Gasteiger partial charge in [-0.15, -0.1) is 6.58 Å². The van der Waals surface area contributed by atoms with Gasteiger partial charge in [-0.3, -0.25) is 0 Å². The van der Waals surface area contributed by atoms with E-state index < -0.39 is 5.97 Å². The highest BCUT2D eigenvalue weighted by molar-refractivity contribution is 6.06. The SMILES string of the molecule is C=CCN(c1ncc(C(=O)O)c2ccccc12)C1CC1. The second-order valence-electron chi connectivity index (χ2n) is 5.02. The molecule has 0 spiro atoms. The fraction of sp³-hybridized carbons (Fsp3) is 0.250. The molecule has 0 bridgehead atoms. The number of aromatic nitrogens is 1. The van der Waals surface area contributed by atoms with E-state index in [1.807, 2.05) is 30.3 Å². The lowest BCUT2D eigenvalue weighted by Gasteiger charge is -2.23. The number of anilines is 1. The molecule has 1 fully saturated rings. The van der Waals surface area contributed by atoms with Gasteiger partial charge in [-0.1, -0.05) is 30.3 Å². The molecule has 1 aromatic carbocycles. The van der Waals surface area contributed by atoms with Crippen molar-refractivity contribution < 1.29 is 9.90 Å². The Kier molecular flexibility index (Phi) is 3.14. The van der Waals surface area contributed by atoms with Crippen LogP contribution in [0.5, 0.6) is 0 Å². The number of hydrogen-bond donors (Lipinski definition) is 1. The van der Waals surface area contributed by atoms with E-state index in [0.29, 0.717) is 6.04 Å². The molecule has 0 radical (unpaired) electrons. The molecular weight excluding hydrogens is 252 g/mol. The lowest BCUT2D eigenvalue weighted by Crippen LogP contribution is -2.27. The summed E-state index contributed by atoms with van der Waals surface area (Å²) >= 11 is 0. The Labute approximate surface area is 117 Å². The molecule has 1 aliphatic rings. The zero-order valence-corrected chi connectivity index (χ0v) is 11.1. The average Bonchev–Trinajstić information content (AvgIpc) is 3.28. The first-order valence-electron chi connectivity index (χ1n) is 6.71. The molecule has 3 rings (SSSR count). The van der Waals surface area contributed by atoms with Gasteiger partial charge >= 0.3 is 5.97 Å². The Morgan fingerprint density at radius 1 is 1.40 bits per heavy atom. The minimum Gasteiger partial charge on any atom is -0.478 e. The van der Waals surface area contributed by atoms with Crippen LogP contribution in [0, 0.1) is 0 Å². The highest BCUT2D eigenvalue weighted by Gasteiger charge is 2.30. The third-order valence-corrected chi connectivity index (χ3v) is 3.59. The predicted molar refractivity (Wildman–Crippen MR) is 79.3 cm³/mol. The molecule has 0 saturated heterocycles. The molecule has 4 nitrogen and oxygen atoms in total. The van der Waals surface area contributed by atoms with Gasteiger partial charge in [0.2, 0.25) is 0 Å². The number of carboxylic acids is 1. The second kappa shape index (κ2) is 4.96. The van der Waals surface area contributed by atoms with E-state index in [1.165, 1.54) is 6.20 Å². The summed E-state index contributed by atoms with van der Waals surface area (Å²) in [5.41, 5.74) is 0.249. The van der Waals surface area contributed by atoms with Gasteiger partial charge in [0, 0.05) is 29.6 Å². The van der Waals surface area contributed by atoms with Crippen LogP contribution < -0.4 is 4.90 Å². The summed E-state index contributed by atoms with van der Waals surface area (Å²) in [5, 5.41) is 10.9. The smallest absolute Gasteiger partial charge is 0.337 e. The van der Waals surface area contributed by atoms with Gasteiger partial charge in [-0.25, -0.2) is 9.78 Å². The third-order valence-electron chi connectivity index (χ3n) is 3.59. The molecule has 0 atom stereocenters. The maximum atomic E-state index is 11.3. The summed E-state index contributed by atoms with van der Waals surface area (Å²) < 4.78 is 0. The maximum Gasteiger partial charge on any atom is 0.337 e. The number of pyridine rings is 1. The van der Waals surface area contributed by atoms with Crippen molar-refractivity contribution in [3.05, 3.63) is 48.7 Å². The number of hydrogen-bond acceptors (Lipinski definition) is 3. The fourth-order valence-corrected chi connectivity index (χ4v) is 2.51. The van der Waals surface area contributed by atoms with Crippen LogP contribution in [0.2, 0.25) is 0 Å². The Balaban J connectivity index is 2.18.